The molecule has 7 heteroatoms. The van der Waals surface area contributed by atoms with Crippen molar-refractivity contribution in [1.82, 2.24) is 15.6 Å². The van der Waals surface area contributed by atoms with Crippen LogP contribution in [0.3, 0.4) is 0 Å². The smallest absolute Gasteiger partial charge is 0.248 e. The molecule has 0 fully saturated rings. The van der Waals surface area contributed by atoms with Gasteiger partial charge in [0.05, 0.1) is 6.54 Å². The Hall–Kier alpha value is -2.41. The van der Waals surface area contributed by atoms with Crippen LogP contribution in [0.1, 0.15) is 25.8 Å². The Bertz CT molecular complexity index is 663. The molecular formula is C15H19N5OS. The van der Waals surface area contributed by atoms with Gasteiger partial charge in [-0.2, -0.15) is 0 Å². The van der Waals surface area contributed by atoms with Crippen LogP contribution in [0, 0.1) is 6.92 Å². The number of aryl methyl sites for hydroxylation is 1. The van der Waals surface area contributed by atoms with Crippen molar-refractivity contribution in [2.75, 3.05) is 7.05 Å². The molecule has 6 nitrogen and oxygen atoms in total. The number of benzene rings is 1. The first-order valence-electron chi connectivity index (χ1n) is 6.83. The number of primary amides is 1. The Morgan fingerprint density at radius 3 is 2.50 bits per heavy atom. The van der Waals surface area contributed by atoms with Crippen molar-refractivity contribution in [3.05, 3.63) is 51.5 Å². The molecule has 0 spiro atoms. The van der Waals surface area contributed by atoms with Gasteiger partial charge in [-0.3, -0.25) is 9.79 Å². The molecule has 0 saturated heterocycles. The first-order valence-corrected chi connectivity index (χ1v) is 7.64. The lowest BCUT2D eigenvalue weighted by Crippen LogP contribution is -2.36. The Morgan fingerprint density at radius 2 is 1.95 bits per heavy atom. The molecule has 2 aromatic rings. The lowest BCUT2D eigenvalue weighted by molar-refractivity contribution is 0.100. The highest BCUT2D eigenvalue weighted by molar-refractivity contribution is 7.11. The molecule has 0 bridgehead atoms. The van der Waals surface area contributed by atoms with E-state index in [1.54, 1.807) is 30.5 Å². The van der Waals surface area contributed by atoms with Crippen LogP contribution in [0.5, 0.6) is 0 Å². The molecule has 0 aliphatic heterocycles. The predicted molar refractivity (Wildman–Crippen MR) is 88.8 cm³/mol. The van der Waals surface area contributed by atoms with E-state index in [2.05, 4.69) is 20.6 Å². The van der Waals surface area contributed by atoms with Gasteiger partial charge in [-0.25, -0.2) is 4.98 Å². The maximum absolute atomic E-state index is 11.0. The van der Waals surface area contributed by atoms with Crippen LogP contribution in [0.25, 0.3) is 0 Å². The van der Waals surface area contributed by atoms with E-state index < -0.39 is 5.91 Å². The standard InChI is InChI=1S/C15H19N5OS/c1-10-7-18-13(22-10)9-20-15(17-2)19-8-11-3-5-12(6-4-11)14(16)21/h3-7H,8-9H2,1-2H3,(H2,16,21)(H2,17,19,20). The number of rotatable bonds is 5. The number of amides is 1. The van der Waals surface area contributed by atoms with E-state index in [-0.39, 0.29) is 0 Å². The SMILES string of the molecule is CN=C(NCc1ccc(C(N)=O)cc1)NCc1ncc(C)s1. The van der Waals surface area contributed by atoms with Gasteiger partial charge in [-0.05, 0) is 24.6 Å². The minimum atomic E-state index is -0.421. The minimum absolute atomic E-state index is 0.421. The second kappa shape index (κ2) is 7.56. The Kier molecular flexibility index (Phi) is 5.48. The Labute approximate surface area is 133 Å². The van der Waals surface area contributed by atoms with Crippen molar-refractivity contribution >= 4 is 23.2 Å². The molecule has 1 heterocycles. The zero-order valence-electron chi connectivity index (χ0n) is 12.6. The monoisotopic (exact) mass is 317 g/mol. The molecule has 1 aromatic heterocycles. The molecule has 0 saturated carbocycles. The van der Waals surface area contributed by atoms with Crippen molar-refractivity contribution in [3.8, 4) is 0 Å². The number of aliphatic imine (C=N–C) groups is 1. The normalized spacial score (nSPS) is 11.3. The van der Waals surface area contributed by atoms with Crippen LogP contribution in [0.4, 0.5) is 0 Å². The van der Waals surface area contributed by atoms with Gasteiger partial charge in [-0.15, -0.1) is 11.3 Å². The quantitative estimate of drug-likeness (QED) is 0.574. The number of carbonyl (C=O) groups is 1. The summed E-state index contributed by atoms with van der Waals surface area (Å²) in [5.74, 6) is 0.280. The number of thiazole rings is 1. The largest absolute Gasteiger partial charge is 0.366 e. The van der Waals surface area contributed by atoms with Crippen molar-refractivity contribution in [2.24, 2.45) is 10.7 Å². The number of carbonyl (C=O) groups excluding carboxylic acids is 1. The molecule has 0 radical (unpaired) electrons. The Balaban J connectivity index is 1.84. The van der Waals surface area contributed by atoms with Crippen LogP contribution in [0.2, 0.25) is 0 Å². The average molecular weight is 317 g/mol. The van der Waals surface area contributed by atoms with Gasteiger partial charge in [0, 0.05) is 30.2 Å². The summed E-state index contributed by atoms with van der Waals surface area (Å²) in [6, 6.07) is 7.16. The van der Waals surface area contributed by atoms with Gasteiger partial charge < -0.3 is 16.4 Å². The topological polar surface area (TPSA) is 92.4 Å². The molecule has 0 aliphatic carbocycles. The summed E-state index contributed by atoms with van der Waals surface area (Å²) in [4.78, 5) is 20.7. The van der Waals surface area contributed by atoms with Crippen LogP contribution in [-0.2, 0) is 13.1 Å². The summed E-state index contributed by atoms with van der Waals surface area (Å²) in [6.45, 7) is 3.28. The van der Waals surface area contributed by atoms with Gasteiger partial charge >= 0.3 is 0 Å². The van der Waals surface area contributed by atoms with Crippen LogP contribution in [0.15, 0.2) is 35.5 Å². The summed E-state index contributed by atoms with van der Waals surface area (Å²) >= 11 is 1.66. The van der Waals surface area contributed by atoms with Crippen molar-refractivity contribution in [1.29, 1.82) is 0 Å². The average Bonchev–Trinajstić information content (AvgIpc) is 2.93. The third kappa shape index (κ3) is 4.56. The van der Waals surface area contributed by atoms with E-state index in [0.717, 1.165) is 10.6 Å². The fourth-order valence-electron chi connectivity index (χ4n) is 1.84. The highest BCUT2D eigenvalue weighted by atomic mass is 32.1. The number of nitrogens with zero attached hydrogens (tertiary/aromatic N) is 2. The fraction of sp³-hybridized carbons (Fsp3) is 0.267. The lowest BCUT2D eigenvalue weighted by Gasteiger charge is -2.11. The third-order valence-corrected chi connectivity index (χ3v) is 3.91. The highest BCUT2D eigenvalue weighted by Crippen LogP contribution is 2.10. The summed E-state index contributed by atoms with van der Waals surface area (Å²) in [7, 11) is 1.72. The first-order chi connectivity index (χ1) is 10.6. The lowest BCUT2D eigenvalue weighted by atomic mass is 10.1. The molecule has 4 N–H and O–H groups in total. The highest BCUT2D eigenvalue weighted by Gasteiger charge is 2.03. The van der Waals surface area contributed by atoms with E-state index in [0.29, 0.717) is 24.6 Å². The van der Waals surface area contributed by atoms with E-state index in [9.17, 15) is 4.79 Å². The number of aromatic nitrogens is 1. The first kappa shape index (κ1) is 16.0. The molecule has 116 valence electrons. The van der Waals surface area contributed by atoms with Crippen LogP contribution in [-0.4, -0.2) is 23.9 Å². The maximum Gasteiger partial charge on any atom is 0.248 e. The van der Waals surface area contributed by atoms with Gasteiger partial charge in [0.2, 0.25) is 5.91 Å². The molecule has 1 amide bonds. The van der Waals surface area contributed by atoms with Gasteiger partial charge in [0.25, 0.3) is 0 Å². The van der Waals surface area contributed by atoms with Crippen LogP contribution < -0.4 is 16.4 Å². The molecule has 0 aliphatic rings. The molecule has 0 unspecified atom stereocenters. The molecule has 2 rings (SSSR count). The fourth-order valence-corrected chi connectivity index (χ4v) is 2.56. The molecule has 22 heavy (non-hydrogen) atoms. The van der Waals surface area contributed by atoms with E-state index in [1.807, 2.05) is 25.3 Å². The Morgan fingerprint density at radius 1 is 1.27 bits per heavy atom. The summed E-state index contributed by atoms with van der Waals surface area (Å²) < 4.78 is 0. The van der Waals surface area contributed by atoms with Gasteiger partial charge in [0.1, 0.15) is 5.01 Å². The number of hydrogen-bond acceptors (Lipinski definition) is 4. The van der Waals surface area contributed by atoms with Gasteiger partial charge in [-0.1, -0.05) is 12.1 Å². The van der Waals surface area contributed by atoms with Crippen molar-refractivity contribution < 1.29 is 4.79 Å². The number of hydrogen-bond donors (Lipinski definition) is 3. The van der Waals surface area contributed by atoms with E-state index in [1.165, 1.54) is 4.88 Å². The number of nitrogens with two attached hydrogens (primary N) is 1. The van der Waals surface area contributed by atoms with E-state index >= 15 is 0 Å². The third-order valence-electron chi connectivity index (χ3n) is 3.00. The minimum Gasteiger partial charge on any atom is -0.366 e. The summed E-state index contributed by atoms with van der Waals surface area (Å²) in [6.07, 6.45) is 1.86. The zero-order chi connectivity index (χ0) is 15.9. The zero-order valence-corrected chi connectivity index (χ0v) is 13.4. The predicted octanol–water partition coefficient (Wildman–Crippen LogP) is 1.42. The van der Waals surface area contributed by atoms with Crippen molar-refractivity contribution in [3.63, 3.8) is 0 Å². The second-order valence-corrected chi connectivity index (χ2v) is 6.02. The number of guanidine groups is 1. The van der Waals surface area contributed by atoms with Crippen LogP contribution >= 0.6 is 11.3 Å². The van der Waals surface area contributed by atoms with Crippen molar-refractivity contribution in [2.45, 2.75) is 20.0 Å². The number of nitrogens with one attached hydrogen (secondary N) is 2. The molecule has 0 atom stereocenters. The molecular weight excluding hydrogens is 298 g/mol. The summed E-state index contributed by atoms with van der Waals surface area (Å²) in [5, 5.41) is 7.44. The second-order valence-electron chi connectivity index (χ2n) is 4.71. The molecule has 1 aromatic carbocycles. The maximum atomic E-state index is 11.0. The van der Waals surface area contributed by atoms with Gasteiger partial charge in [0.15, 0.2) is 5.96 Å². The van der Waals surface area contributed by atoms with E-state index in [4.69, 9.17) is 5.73 Å². The summed E-state index contributed by atoms with van der Waals surface area (Å²) in [5.41, 5.74) is 6.76.